The molecule has 4 nitrogen and oxygen atoms in total. The molecule has 1 N–H and O–H groups in total. The molecule has 112 valence electrons. The second kappa shape index (κ2) is 6.27. The zero-order valence-corrected chi connectivity index (χ0v) is 12.8. The Labute approximate surface area is 121 Å². The monoisotopic (exact) mass is 277 g/mol. The molecule has 0 spiro atoms. The van der Waals surface area contributed by atoms with Gasteiger partial charge >= 0.3 is 0 Å². The van der Waals surface area contributed by atoms with E-state index in [0.717, 1.165) is 44.7 Å². The van der Waals surface area contributed by atoms with Gasteiger partial charge in [0, 0.05) is 31.5 Å². The lowest BCUT2D eigenvalue weighted by Crippen LogP contribution is -2.22. The van der Waals surface area contributed by atoms with Crippen molar-refractivity contribution in [2.45, 2.75) is 58.5 Å². The second-order valence-electron chi connectivity index (χ2n) is 6.37. The molecule has 0 unspecified atom stereocenters. The largest absolute Gasteiger partial charge is 0.381 e. The summed E-state index contributed by atoms with van der Waals surface area (Å²) in [6, 6.07) is 0.799. The summed E-state index contributed by atoms with van der Waals surface area (Å²) in [5, 5.41) is 8.36. The van der Waals surface area contributed by atoms with E-state index in [4.69, 9.17) is 9.84 Å². The van der Waals surface area contributed by atoms with Crippen LogP contribution in [0.1, 0.15) is 42.6 Å². The van der Waals surface area contributed by atoms with E-state index >= 15 is 0 Å². The Hall–Kier alpha value is -0.870. The topological polar surface area (TPSA) is 39.1 Å². The fourth-order valence-corrected chi connectivity index (χ4v) is 3.14. The van der Waals surface area contributed by atoms with Gasteiger partial charge in [0.05, 0.1) is 5.69 Å². The Morgan fingerprint density at radius 2 is 1.95 bits per heavy atom. The minimum absolute atomic E-state index is 0.735. The maximum absolute atomic E-state index is 5.44. The van der Waals surface area contributed by atoms with Crippen LogP contribution in [0.5, 0.6) is 0 Å². The molecule has 1 aliphatic heterocycles. The average Bonchev–Trinajstić information content (AvgIpc) is 3.23. The molecule has 1 aromatic rings. The maximum Gasteiger partial charge on any atom is 0.0628 e. The highest BCUT2D eigenvalue weighted by molar-refractivity contribution is 5.25. The van der Waals surface area contributed by atoms with Gasteiger partial charge < -0.3 is 10.1 Å². The van der Waals surface area contributed by atoms with E-state index < -0.39 is 0 Å². The molecule has 0 atom stereocenters. The van der Waals surface area contributed by atoms with Crippen LogP contribution in [-0.4, -0.2) is 35.6 Å². The first-order valence-electron chi connectivity index (χ1n) is 8.08. The summed E-state index contributed by atoms with van der Waals surface area (Å²) >= 11 is 0. The molecule has 1 aliphatic carbocycles. The Bertz CT molecular complexity index is 445. The van der Waals surface area contributed by atoms with Crippen molar-refractivity contribution in [2.75, 3.05) is 19.8 Å². The summed E-state index contributed by atoms with van der Waals surface area (Å²) in [6.45, 7) is 8.37. The summed E-state index contributed by atoms with van der Waals surface area (Å²) in [6.07, 6.45) is 6.19. The van der Waals surface area contributed by atoms with Gasteiger partial charge in [-0.2, -0.15) is 5.10 Å². The maximum atomic E-state index is 5.44. The van der Waals surface area contributed by atoms with Gasteiger partial charge in [0.1, 0.15) is 0 Å². The smallest absolute Gasteiger partial charge is 0.0628 e. The zero-order chi connectivity index (χ0) is 13.9. The van der Waals surface area contributed by atoms with Crippen LogP contribution in [0.4, 0.5) is 0 Å². The second-order valence-corrected chi connectivity index (χ2v) is 6.37. The van der Waals surface area contributed by atoms with E-state index in [0.29, 0.717) is 0 Å². The molecule has 1 aromatic heterocycles. The SMILES string of the molecule is Cc1nn(CC2CCOCC2)c(C)c1CCNC1CC1. The van der Waals surface area contributed by atoms with Gasteiger partial charge in [-0.25, -0.2) is 0 Å². The number of aryl methyl sites for hydroxylation is 1. The minimum atomic E-state index is 0.735. The predicted molar refractivity (Wildman–Crippen MR) is 80.0 cm³/mol. The third kappa shape index (κ3) is 3.41. The number of hydrogen-bond acceptors (Lipinski definition) is 3. The number of aromatic nitrogens is 2. The average molecular weight is 277 g/mol. The highest BCUT2D eigenvalue weighted by Crippen LogP contribution is 2.21. The minimum Gasteiger partial charge on any atom is -0.381 e. The quantitative estimate of drug-likeness (QED) is 0.866. The van der Waals surface area contributed by atoms with Gasteiger partial charge in [-0.05, 0) is 64.0 Å². The normalized spacial score (nSPS) is 20.5. The lowest BCUT2D eigenvalue weighted by atomic mass is 10.0. The first kappa shape index (κ1) is 14.1. The van der Waals surface area contributed by atoms with E-state index in [2.05, 4.69) is 23.8 Å². The van der Waals surface area contributed by atoms with Crippen LogP contribution in [0.15, 0.2) is 0 Å². The first-order valence-corrected chi connectivity index (χ1v) is 8.08. The zero-order valence-electron chi connectivity index (χ0n) is 12.8. The Morgan fingerprint density at radius 3 is 2.65 bits per heavy atom. The molecule has 0 amide bonds. The molecular formula is C16H27N3O. The van der Waals surface area contributed by atoms with Crippen molar-refractivity contribution in [3.05, 3.63) is 17.0 Å². The molecule has 20 heavy (non-hydrogen) atoms. The lowest BCUT2D eigenvalue weighted by Gasteiger charge is -2.22. The lowest BCUT2D eigenvalue weighted by molar-refractivity contribution is 0.0599. The number of nitrogens with one attached hydrogen (secondary N) is 1. The van der Waals surface area contributed by atoms with Crippen molar-refractivity contribution in [1.29, 1.82) is 0 Å². The molecule has 2 heterocycles. The van der Waals surface area contributed by atoms with E-state index in [1.54, 1.807) is 0 Å². The fourth-order valence-electron chi connectivity index (χ4n) is 3.14. The molecule has 0 aromatic carbocycles. The molecule has 0 radical (unpaired) electrons. The molecule has 3 rings (SSSR count). The summed E-state index contributed by atoms with van der Waals surface area (Å²) in [7, 11) is 0. The third-order valence-electron chi connectivity index (χ3n) is 4.69. The number of hydrogen-bond donors (Lipinski definition) is 1. The van der Waals surface area contributed by atoms with E-state index in [-0.39, 0.29) is 0 Å². The highest BCUT2D eigenvalue weighted by Gasteiger charge is 2.21. The van der Waals surface area contributed by atoms with Crippen LogP contribution >= 0.6 is 0 Å². The Balaban J connectivity index is 1.59. The fraction of sp³-hybridized carbons (Fsp3) is 0.812. The van der Waals surface area contributed by atoms with Crippen molar-refractivity contribution in [3.63, 3.8) is 0 Å². The summed E-state index contributed by atoms with van der Waals surface area (Å²) in [5.41, 5.74) is 4.03. The molecular weight excluding hydrogens is 250 g/mol. The summed E-state index contributed by atoms with van der Waals surface area (Å²) < 4.78 is 7.67. The van der Waals surface area contributed by atoms with E-state index in [1.807, 2.05) is 0 Å². The van der Waals surface area contributed by atoms with Gasteiger partial charge in [-0.1, -0.05) is 0 Å². The summed E-state index contributed by atoms with van der Waals surface area (Å²) in [5.74, 6) is 0.735. The van der Waals surface area contributed by atoms with Crippen molar-refractivity contribution in [1.82, 2.24) is 15.1 Å². The van der Waals surface area contributed by atoms with Gasteiger partial charge in [0.15, 0.2) is 0 Å². The number of ether oxygens (including phenoxy) is 1. The van der Waals surface area contributed by atoms with Gasteiger partial charge in [0.2, 0.25) is 0 Å². The summed E-state index contributed by atoms with van der Waals surface area (Å²) in [4.78, 5) is 0. The van der Waals surface area contributed by atoms with Crippen molar-refractivity contribution in [2.24, 2.45) is 5.92 Å². The first-order chi connectivity index (χ1) is 9.74. The molecule has 4 heteroatoms. The molecule has 1 saturated carbocycles. The van der Waals surface area contributed by atoms with Gasteiger partial charge in [-0.15, -0.1) is 0 Å². The van der Waals surface area contributed by atoms with Crippen LogP contribution in [0, 0.1) is 19.8 Å². The van der Waals surface area contributed by atoms with Crippen molar-refractivity contribution in [3.8, 4) is 0 Å². The van der Waals surface area contributed by atoms with Gasteiger partial charge in [0.25, 0.3) is 0 Å². The van der Waals surface area contributed by atoms with Crippen LogP contribution in [-0.2, 0) is 17.7 Å². The Morgan fingerprint density at radius 1 is 1.20 bits per heavy atom. The van der Waals surface area contributed by atoms with Crippen LogP contribution in [0.3, 0.4) is 0 Å². The van der Waals surface area contributed by atoms with Crippen LogP contribution < -0.4 is 5.32 Å². The van der Waals surface area contributed by atoms with Gasteiger partial charge in [-0.3, -0.25) is 4.68 Å². The Kier molecular flexibility index (Phi) is 4.41. The number of rotatable bonds is 6. The van der Waals surface area contributed by atoms with Crippen LogP contribution in [0.2, 0.25) is 0 Å². The van der Waals surface area contributed by atoms with Crippen molar-refractivity contribution < 1.29 is 4.74 Å². The van der Waals surface area contributed by atoms with Crippen molar-refractivity contribution >= 4 is 0 Å². The third-order valence-corrected chi connectivity index (χ3v) is 4.69. The molecule has 1 saturated heterocycles. The molecule has 2 aliphatic rings. The predicted octanol–water partition coefficient (Wildman–Crippen LogP) is 2.22. The number of nitrogens with zero attached hydrogens (tertiary/aromatic N) is 2. The standard InChI is InChI=1S/C16H27N3O/c1-12-16(5-8-17-15-3-4-15)13(2)19(18-12)11-14-6-9-20-10-7-14/h14-15,17H,3-11H2,1-2H3. The van der Waals surface area contributed by atoms with E-state index in [1.165, 1.54) is 42.6 Å². The molecule has 2 fully saturated rings. The van der Waals surface area contributed by atoms with Crippen LogP contribution in [0.25, 0.3) is 0 Å². The van der Waals surface area contributed by atoms with E-state index in [9.17, 15) is 0 Å². The molecule has 0 bridgehead atoms. The highest BCUT2D eigenvalue weighted by atomic mass is 16.5.